The minimum absolute atomic E-state index is 0.0117. The number of carbonyl (C=O) groups excluding carboxylic acids is 1. The number of ether oxygens (including phenoxy) is 1. The second-order valence-electron chi connectivity index (χ2n) is 3.40. The van der Waals surface area contributed by atoms with E-state index >= 15 is 0 Å². The maximum absolute atomic E-state index is 11.2. The fraction of sp³-hybridized carbons (Fsp3) is 0.364. The van der Waals surface area contributed by atoms with Gasteiger partial charge in [-0.1, -0.05) is 0 Å². The zero-order valence-corrected chi connectivity index (χ0v) is 8.57. The molecule has 0 aliphatic heterocycles. The zero-order chi connectivity index (χ0) is 10.7. The van der Waals surface area contributed by atoms with E-state index < -0.39 is 0 Å². The van der Waals surface area contributed by atoms with Crippen molar-refractivity contribution in [3.05, 3.63) is 23.8 Å². The van der Waals surface area contributed by atoms with Crippen molar-refractivity contribution in [1.29, 1.82) is 0 Å². The highest BCUT2D eigenvalue weighted by molar-refractivity contribution is 5.97. The van der Waals surface area contributed by atoms with Crippen molar-refractivity contribution in [3.8, 4) is 11.5 Å². The predicted molar refractivity (Wildman–Crippen MR) is 53.9 cm³/mol. The monoisotopic (exact) mass is 194 g/mol. The van der Waals surface area contributed by atoms with Crippen LogP contribution in [-0.4, -0.2) is 17.0 Å². The largest absolute Gasteiger partial charge is 0.508 e. The molecule has 0 fully saturated rings. The van der Waals surface area contributed by atoms with Crippen LogP contribution in [-0.2, 0) is 0 Å². The highest BCUT2D eigenvalue weighted by atomic mass is 16.5. The lowest BCUT2D eigenvalue weighted by Crippen LogP contribution is -2.08. The van der Waals surface area contributed by atoms with Crippen LogP contribution in [0.5, 0.6) is 11.5 Å². The summed E-state index contributed by atoms with van der Waals surface area (Å²) in [6.45, 7) is 5.22. The average Bonchev–Trinajstić information content (AvgIpc) is 2.07. The van der Waals surface area contributed by atoms with E-state index in [0.717, 1.165) is 0 Å². The first-order valence-corrected chi connectivity index (χ1v) is 4.51. The van der Waals surface area contributed by atoms with Gasteiger partial charge in [0.2, 0.25) is 0 Å². The summed E-state index contributed by atoms with van der Waals surface area (Å²) in [4.78, 5) is 11.2. The SMILES string of the molecule is CC(=O)c1cc(O)ccc1OC(C)C. The molecular weight excluding hydrogens is 180 g/mol. The first kappa shape index (κ1) is 10.6. The van der Waals surface area contributed by atoms with E-state index in [1.54, 1.807) is 6.07 Å². The molecule has 0 unspecified atom stereocenters. The number of hydrogen-bond acceptors (Lipinski definition) is 3. The van der Waals surface area contributed by atoms with Crippen LogP contribution in [0.3, 0.4) is 0 Å². The molecule has 0 aliphatic carbocycles. The van der Waals surface area contributed by atoms with E-state index in [0.29, 0.717) is 11.3 Å². The van der Waals surface area contributed by atoms with E-state index in [9.17, 15) is 9.90 Å². The van der Waals surface area contributed by atoms with Gasteiger partial charge in [-0.3, -0.25) is 4.79 Å². The van der Waals surface area contributed by atoms with Gasteiger partial charge in [0.05, 0.1) is 11.7 Å². The van der Waals surface area contributed by atoms with E-state index in [1.807, 2.05) is 13.8 Å². The molecule has 1 N–H and O–H groups in total. The summed E-state index contributed by atoms with van der Waals surface area (Å²) in [5.74, 6) is 0.480. The molecule has 0 atom stereocenters. The number of ketones is 1. The smallest absolute Gasteiger partial charge is 0.163 e. The number of carbonyl (C=O) groups is 1. The number of phenolic OH excluding ortho intramolecular Hbond substituents is 1. The third-order valence-electron chi connectivity index (χ3n) is 1.71. The molecule has 0 heterocycles. The second-order valence-corrected chi connectivity index (χ2v) is 3.40. The minimum Gasteiger partial charge on any atom is -0.508 e. The summed E-state index contributed by atoms with van der Waals surface area (Å²) < 4.78 is 5.43. The average molecular weight is 194 g/mol. The van der Waals surface area contributed by atoms with Crippen molar-refractivity contribution < 1.29 is 14.6 Å². The van der Waals surface area contributed by atoms with Crippen LogP contribution in [0.2, 0.25) is 0 Å². The summed E-state index contributed by atoms with van der Waals surface area (Å²) in [7, 11) is 0. The second kappa shape index (κ2) is 4.13. The number of phenols is 1. The van der Waals surface area contributed by atoms with Gasteiger partial charge < -0.3 is 9.84 Å². The predicted octanol–water partition coefficient (Wildman–Crippen LogP) is 2.38. The molecule has 0 bridgehead atoms. The number of hydrogen-bond donors (Lipinski definition) is 1. The van der Waals surface area contributed by atoms with E-state index in [-0.39, 0.29) is 17.6 Å². The maximum Gasteiger partial charge on any atom is 0.163 e. The minimum atomic E-state index is -0.114. The van der Waals surface area contributed by atoms with E-state index in [2.05, 4.69) is 0 Å². The van der Waals surface area contributed by atoms with Gasteiger partial charge in [-0.25, -0.2) is 0 Å². The zero-order valence-electron chi connectivity index (χ0n) is 8.57. The van der Waals surface area contributed by atoms with Gasteiger partial charge in [-0.15, -0.1) is 0 Å². The highest BCUT2D eigenvalue weighted by Crippen LogP contribution is 2.24. The van der Waals surface area contributed by atoms with E-state index in [1.165, 1.54) is 19.1 Å². The van der Waals surface area contributed by atoms with Gasteiger partial charge in [0.15, 0.2) is 5.78 Å². The van der Waals surface area contributed by atoms with Crippen LogP contribution in [0, 0.1) is 0 Å². The molecule has 0 saturated carbocycles. The van der Waals surface area contributed by atoms with E-state index in [4.69, 9.17) is 4.74 Å². The maximum atomic E-state index is 11.2. The van der Waals surface area contributed by atoms with Crippen molar-refractivity contribution in [3.63, 3.8) is 0 Å². The standard InChI is InChI=1S/C11H14O3/c1-7(2)14-11-5-4-9(13)6-10(11)8(3)12/h4-7,13H,1-3H3. The summed E-state index contributed by atoms with van der Waals surface area (Å²) in [6, 6.07) is 4.52. The van der Waals surface area contributed by atoms with Gasteiger partial charge >= 0.3 is 0 Å². The Bertz CT molecular complexity index is 342. The van der Waals surface area contributed by atoms with Gasteiger partial charge in [0.25, 0.3) is 0 Å². The summed E-state index contributed by atoms with van der Waals surface area (Å²) in [5, 5.41) is 9.21. The van der Waals surface area contributed by atoms with Crippen LogP contribution in [0.15, 0.2) is 18.2 Å². The fourth-order valence-corrected chi connectivity index (χ4v) is 1.15. The molecule has 1 aromatic carbocycles. The Hall–Kier alpha value is -1.51. The molecule has 0 spiro atoms. The molecule has 3 heteroatoms. The van der Waals surface area contributed by atoms with Crippen LogP contribution in [0.25, 0.3) is 0 Å². The highest BCUT2D eigenvalue weighted by Gasteiger charge is 2.10. The molecule has 0 aromatic heterocycles. The fourth-order valence-electron chi connectivity index (χ4n) is 1.15. The molecule has 0 radical (unpaired) electrons. The third kappa shape index (κ3) is 2.49. The van der Waals surface area contributed by atoms with Crippen LogP contribution >= 0.6 is 0 Å². The quantitative estimate of drug-likeness (QED) is 0.751. The third-order valence-corrected chi connectivity index (χ3v) is 1.71. The molecule has 1 rings (SSSR count). The topological polar surface area (TPSA) is 46.5 Å². The van der Waals surface area contributed by atoms with Crippen molar-refractivity contribution in [2.75, 3.05) is 0 Å². The molecule has 14 heavy (non-hydrogen) atoms. The van der Waals surface area contributed by atoms with Gasteiger partial charge in [-0.2, -0.15) is 0 Å². The van der Waals surface area contributed by atoms with Crippen molar-refractivity contribution in [2.24, 2.45) is 0 Å². The Kier molecular flexibility index (Phi) is 3.12. The number of aromatic hydroxyl groups is 1. The van der Waals surface area contributed by atoms with Crippen molar-refractivity contribution in [2.45, 2.75) is 26.9 Å². The van der Waals surface area contributed by atoms with Crippen LogP contribution < -0.4 is 4.74 Å². The molecule has 0 amide bonds. The van der Waals surface area contributed by atoms with Crippen LogP contribution in [0.1, 0.15) is 31.1 Å². The molecule has 0 saturated heterocycles. The lowest BCUT2D eigenvalue weighted by atomic mass is 10.1. The first-order valence-electron chi connectivity index (χ1n) is 4.51. The van der Waals surface area contributed by atoms with Crippen LogP contribution in [0.4, 0.5) is 0 Å². The summed E-state index contributed by atoms with van der Waals surface area (Å²) in [6.07, 6.45) is 0.0117. The molecule has 3 nitrogen and oxygen atoms in total. The normalized spacial score (nSPS) is 10.3. The lowest BCUT2D eigenvalue weighted by molar-refractivity contribution is 0.101. The summed E-state index contributed by atoms with van der Waals surface area (Å²) in [5.41, 5.74) is 0.415. The lowest BCUT2D eigenvalue weighted by Gasteiger charge is -2.12. The summed E-state index contributed by atoms with van der Waals surface area (Å²) >= 11 is 0. The van der Waals surface area contributed by atoms with Gasteiger partial charge in [-0.05, 0) is 39.0 Å². The Morgan fingerprint density at radius 1 is 1.43 bits per heavy atom. The Morgan fingerprint density at radius 3 is 2.57 bits per heavy atom. The Morgan fingerprint density at radius 2 is 2.07 bits per heavy atom. The first-order chi connectivity index (χ1) is 6.50. The van der Waals surface area contributed by atoms with Gasteiger partial charge in [0, 0.05) is 0 Å². The molecule has 0 aliphatic rings. The molecular formula is C11H14O3. The van der Waals surface area contributed by atoms with Gasteiger partial charge in [0.1, 0.15) is 11.5 Å². The number of rotatable bonds is 3. The Balaban J connectivity index is 3.08. The number of benzene rings is 1. The molecule has 76 valence electrons. The van der Waals surface area contributed by atoms with Crippen molar-refractivity contribution in [1.82, 2.24) is 0 Å². The number of Topliss-reactive ketones (excluding diaryl/α,β-unsaturated/α-hetero) is 1. The molecule has 1 aromatic rings. The van der Waals surface area contributed by atoms with Crippen molar-refractivity contribution >= 4 is 5.78 Å². The Labute approximate surface area is 83.3 Å².